The Morgan fingerprint density at radius 3 is 3.00 bits per heavy atom. The Hall–Kier alpha value is -1.00. The van der Waals surface area contributed by atoms with Crippen LogP contribution in [0.5, 0.6) is 0 Å². The van der Waals surface area contributed by atoms with Crippen molar-refractivity contribution in [2.75, 3.05) is 5.75 Å². The molecule has 74 valence electrons. The summed E-state index contributed by atoms with van der Waals surface area (Å²) in [4.78, 5) is 14.4. The molecule has 0 aliphatic carbocycles. The summed E-state index contributed by atoms with van der Waals surface area (Å²) < 4.78 is 0. The molecule has 3 nitrogen and oxygen atoms in total. The van der Waals surface area contributed by atoms with E-state index in [-0.39, 0.29) is 10.7 Å². The highest BCUT2D eigenvalue weighted by Gasteiger charge is 2.05. The molecule has 0 amide bonds. The van der Waals surface area contributed by atoms with Crippen molar-refractivity contribution in [3.05, 3.63) is 34.6 Å². The number of carboxylic acid groups (broad SMARTS) is 1. The number of hydrogen-bond donors (Lipinski definition) is 2. The Balaban J connectivity index is 3.08. The highest BCUT2D eigenvalue weighted by Crippen LogP contribution is 2.16. The molecule has 5 heteroatoms. The quantitative estimate of drug-likeness (QED) is 0.618. The number of nitrogens with zero attached hydrogens (tertiary/aromatic N) is 1. The summed E-state index contributed by atoms with van der Waals surface area (Å²) in [6.45, 7) is 0. The van der Waals surface area contributed by atoms with Gasteiger partial charge in [-0.05, 0) is 6.07 Å². The van der Waals surface area contributed by atoms with Gasteiger partial charge in [0.05, 0.1) is 5.56 Å². The first-order valence-corrected chi connectivity index (χ1v) is 4.82. The summed E-state index contributed by atoms with van der Waals surface area (Å²) in [6.07, 6.45) is 4.68. The molecule has 0 saturated heterocycles. The van der Waals surface area contributed by atoms with E-state index in [0.29, 0.717) is 11.3 Å². The zero-order chi connectivity index (χ0) is 10.6. The molecule has 1 rings (SSSR count). The van der Waals surface area contributed by atoms with E-state index >= 15 is 0 Å². The molecule has 14 heavy (non-hydrogen) atoms. The van der Waals surface area contributed by atoms with Gasteiger partial charge in [-0.1, -0.05) is 23.8 Å². The second kappa shape index (κ2) is 5.02. The van der Waals surface area contributed by atoms with Crippen LogP contribution in [0.1, 0.15) is 15.9 Å². The van der Waals surface area contributed by atoms with E-state index in [0.717, 1.165) is 0 Å². The van der Waals surface area contributed by atoms with Crippen molar-refractivity contribution in [2.45, 2.75) is 0 Å². The third kappa shape index (κ3) is 2.75. The highest BCUT2D eigenvalue weighted by molar-refractivity contribution is 7.80. The third-order valence-electron chi connectivity index (χ3n) is 1.52. The van der Waals surface area contributed by atoms with Crippen molar-refractivity contribution in [1.82, 2.24) is 4.98 Å². The van der Waals surface area contributed by atoms with Crippen molar-refractivity contribution in [2.24, 2.45) is 0 Å². The van der Waals surface area contributed by atoms with Crippen LogP contribution in [0.2, 0.25) is 5.15 Å². The normalized spacial score (nSPS) is 10.7. The monoisotopic (exact) mass is 229 g/mol. The van der Waals surface area contributed by atoms with Crippen molar-refractivity contribution in [3.8, 4) is 0 Å². The van der Waals surface area contributed by atoms with Gasteiger partial charge < -0.3 is 5.11 Å². The van der Waals surface area contributed by atoms with Crippen LogP contribution in [0.15, 0.2) is 18.3 Å². The minimum atomic E-state index is -1.02. The lowest BCUT2D eigenvalue weighted by atomic mass is 10.2. The lowest BCUT2D eigenvalue weighted by Crippen LogP contribution is -1.98. The molecule has 1 N–H and O–H groups in total. The summed E-state index contributed by atoms with van der Waals surface area (Å²) in [6, 6.07) is 1.47. The Morgan fingerprint density at radius 1 is 1.71 bits per heavy atom. The van der Waals surface area contributed by atoms with E-state index in [1.807, 2.05) is 0 Å². The molecule has 0 bridgehead atoms. The van der Waals surface area contributed by atoms with Crippen LogP contribution in [0.3, 0.4) is 0 Å². The van der Waals surface area contributed by atoms with E-state index < -0.39 is 5.97 Å². The molecule has 0 radical (unpaired) electrons. The predicted octanol–water partition coefficient (Wildman–Crippen LogP) is 2.38. The fraction of sp³-hybridized carbons (Fsp3) is 0.111. The minimum Gasteiger partial charge on any atom is -0.478 e. The Bertz CT molecular complexity index is 379. The number of pyridine rings is 1. The largest absolute Gasteiger partial charge is 0.478 e. The smallest absolute Gasteiger partial charge is 0.337 e. The Kier molecular flexibility index (Phi) is 3.98. The van der Waals surface area contributed by atoms with Crippen LogP contribution < -0.4 is 0 Å². The van der Waals surface area contributed by atoms with Crippen LogP contribution in [-0.2, 0) is 0 Å². The summed E-state index contributed by atoms with van der Waals surface area (Å²) in [5, 5.41) is 8.99. The molecule has 0 aliphatic rings. The van der Waals surface area contributed by atoms with Crippen LogP contribution in [0.4, 0.5) is 0 Å². The van der Waals surface area contributed by atoms with E-state index in [4.69, 9.17) is 16.7 Å². The van der Waals surface area contributed by atoms with Gasteiger partial charge in [0, 0.05) is 17.5 Å². The van der Waals surface area contributed by atoms with E-state index in [1.165, 1.54) is 12.3 Å². The number of halogens is 1. The predicted molar refractivity (Wildman–Crippen MR) is 59.1 cm³/mol. The zero-order valence-corrected chi connectivity index (χ0v) is 8.79. The maximum absolute atomic E-state index is 10.6. The molecule has 0 saturated carbocycles. The van der Waals surface area contributed by atoms with Gasteiger partial charge in [0.1, 0.15) is 5.15 Å². The van der Waals surface area contributed by atoms with Gasteiger partial charge in [-0.25, -0.2) is 9.78 Å². The summed E-state index contributed by atoms with van der Waals surface area (Å²) in [5.41, 5.74) is 0.703. The van der Waals surface area contributed by atoms with Crippen molar-refractivity contribution in [3.63, 3.8) is 0 Å². The molecule has 0 fully saturated rings. The number of rotatable bonds is 3. The fourth-order valence-corrected chi connectivity index (χ4v) is 1.15. The maximum atomic E-state index is 10.6. The first-order valence-electron chi connectivity index (χ1n) is 3.81. The first-order chi connectivity index (χ1) is 6.65. The van der Waals surface area contributed by atoms with Gasteiger partial charge in [0.15, 0.2) is 0 Å². The SMILES string of the molecule is O=C(O)c1cnc(Cl)c(C=CCS)c1. The zero-order valence-electron chi connectivity index (χ0n) is 7.14. The minimum absolute atomic E-state index is 0.119. The average Bonchev–Trinajstić information content (AvgIpc) is 2.16. The van der Waals surface area contributed by atoms with E-state index in [2.05, 4.69) is 17.6 Å². The number of aromatic carboxylic acids is 1. The third-order valence-corrected chi connectivity index (χ3v) is 2.04. The molecule has 1 aromatic heterocycles. The van der Waals surface area contributed by atoms with Crippen molar-refractivity contribution < 1.29 is 9.90 Å². The molecular formula is C9H8ClNO2S. The first kappa shape index (κ1) is 11.1. The number of carbonyl (C=O) groups is 1. The maximum Gasteiger partial charge on any atom is 0.337 e. The molecule has 0 atom stereocenters. The highest BCUT2D eigenvalue weighted by atomic mass is 35.5. The van der Waals surface area contributed by atoms with Crippen LogP contribution in [0, 0.1) is 0 Å². The van der Waals surface area contributed by atoms with Crippen LogP contribution in [-0.4, -0.2) is 21.8 Å². The number of aromatic nitrogens is 1. The molecular weight excluding hydrogens is 222 g/mol. The number of carboxylic acids is 1. The van der Waals surface area contributed by atoms with Gasteiger partial charge in [-0.15, -0.1) is 0 Å². The lowest BCUT2D eigenvalue weighted by molar-refractivity contribution is 0.0696. The Labute approximate surface area is 91.8 Å². The summed E-state index contributed by atoms with van der Waals surface area (Å²) in [5.74, 6) is -0.456. The standard InChI is InChI=1S/C9H8ClNO2S/c10-8-6(2-1-3-14)4-7(5-11-8)9(12)13/h1-2,4-5,14H,3H2,(H,12,13). The number of thiol groups is 1. The lowest BCUT2D eigenvalue weighted by Gasteiger charge is -1.99. The molecule has 0 unspecified atom stereocenters. The van der Waals surface area contributed by atoms with Gasteiger partial charge in [0.25, 0.3) is 0 Å². The van der Waals surface area contributed by atoms with Crippen molar-refractivity contribution >= 4 is 36.3 Å². The van der Waals surface area contributed by atoms with Gasteiger partial charge in [0.2, 0.25) is 0 Å². The Morgan fingerprint density at radius 2 is 2.43 bits per heavy atom. The molecule has 1 heterocycles. The van der Waals surface area contributed by atoms with Gasteiger partial charge in [-0.3, -0.25) is 0 Å². The van der Waals surface area contributed by atoms with Crippen LogP contribution >= 0.6 is 24.2 Å². The number of hydrogen-bond acceptors (Lipinski definition) is 3. The average molecular weight is 230 g/mol. The van der Waals surface area contributed by atoms with E-state index in [1.54, 1.807) is 12.2 Å². The van der Waals surface area contributed by atoms with E-state index in [9.17, 15) is 4.79 Å². The topological polar surface area (TPSA) is 50.2 Å². The van der Waals surface area contributed by atoms with Gasteiger partial charge >= 0.3 is 5.97 Å². The fourth-order valence-electron chi connectivity index (χ4n) is 0.879. The molecule has 1 aromatic rings. The summed E-state index contributed by atoms with van der Waals surface area (Å²) in [7, 11) is 0. The van der Waals surface area contributed by atoms with Crippen LogP contribution in [0.25, 0.3) is 6.08 Å². The van der Waals surface area contributed by atoms with Gasteiger partial charge in [-0.2, -0.15) is 12.6 Å². The second-order valence-corrected chi connectivity index (χ2v) is 3.22. The van der Waals surface area contributed by atoms with Crippen molar-refractivity contribution in [1.29, 1.82) is 0 Å². The molecule has 0 aromatic carbocycles. The second-order valence-electron chi connectivity index (χ2n) is 2.49. The molecule has 0 aliphatic heterocycles. The molecule has 0 spiro atoms. The summed E-state index contributed by atoms with van der Waals surface area (Å²) >= 11 is 9.74.